The predicted octanol–water partition coefficient (Wildman–Crippen LogP) is 1.85. The highest BCUT2D eigenvalue weighted by Gasteiger charge is 2.26. The summed E-state index contributed by atoms with van der Waals surface area (Å²) in [7, 11) is 4.63. The van der Waals surface area contributed by atoms with Crippen molar-refractivity contribution in [2.24, 2.45) is 0 Å². The van der Waals surface area contributed by atoms with E-state index >= 15 is 0 Å². The van der Waals surface area contributed by atoms with Crippen LogP contribution in [-0.2, 0) is 4.74 Å². The second kappa shape index (κ2) is 7.37. The van der Waals surface area contributed by atoms with Crippen molar-refractivity contribution >= 4 is 45.5 Å². The molecule has 0 spiro atoms. The molecule has 0 saturated heterocycles. The van der Waals surface area contributed by atoms with Crippen LogP contribution in [0.25, 0.3) is 0 Å². The summed E-state index contributed by atoms with van der Waals surface area (Å²) in [6, 6.07) is 0. The van der Waals surface area contributed by atoms with Crippen molar-refractivity contribution in [2.45, 2.75) is 13.8 Å². The van der Waals surface area contributed by atoms with Crippen LogP contribution >= 0.6 is 23.6 Å². The Morgan fingerprint density at radius 3 is 2.48 bits per heavy atom. The molecule has 0 radical (unpaired) electrons. The van der Waals surface area contributed by atoms with E-state index in [0.29, 0.717) is 32.7 Å². The molecule has 0 aromatic carbocycles. The summed E-state index contributed by atoms with van der Waals surface area (Å²) in [5.41, 5.74) is 0.931. The Labute approximate surface area is 133 Å². The minimum atomic E-state index is -0.497. The van der Waals surface area contributed by atoms with Crippen LogP contribution in [-0.4, -0.2) is 49.6 Å². The number of anilines is 1. The largest absolute Gasteiger partial charge is 0.465 e. The monoisotopic (exact) mass is 329 g/mol. The lowest BCUT2D eigenvalue weighted by molar-refractivity contribution is 0.0601. The lowest BCUT2D eigenvalue weighted by Crippen LogP contribution is -2.28. The topological polar surface area (TPSA) is 70.7 Å². The summed E-state index contributed by atoms with van der Waals surface area (Å²) in [6.07, 6.45) is 0. The van der Waals surface area contributed by atoms with Crippen molar-refractivity contribution in [3.05, 3.63) is 16.0 Å². The minimum absolute atomic E-state index is 0.162. The molecule has 21 heavy (non-hydrogen) atoms. The van der Waals surface area contributed by atoms with Gasteiger partial charge in [-0.05, 0) is 31.6 Å². The number of rotatable bonds is 4. The Bertz CT molecular complexity index is 567. The molecule has 1 heterocycles. The fourth-order valence-corrected chi connectivity index (χ4v) is 3.20. The number of esters is 1. The molecule has 0 fully saturated rings. The van der Waals surface area contributed by atoms with E-state index in [1.807, 2.05) is 6.92 Å². The Morgan fingerprint density at radius 2 is 2.00 bits per heavy atom. The van der Waals surface area contributed by atoms with Crippen molar-refractivity contribution < 1.29 is 14.3 Å². The third-order valence-corrected chi connectivity index (χ3v) is 4.14. The molecule has 6 nitrogen and oxygen atoms in total. The van der Waals surface area contributed by atoms with Crippen molar-refractivity contribution in [3.63, 3.8) is 0 Å². The Balaban J connectivity index is 3.28. The molecule has 1 aromatic rings. The van der Waals surface area contributed by atoms with Gasteiger partial charge in [0.25, 0.3) is 5.91 Å². The molecule has 1 amide bonds. The van der Waals surface area contributed by atoms with Gasteiger partial charge in [-0.3, -0.25) is 4.79 Å². The maximum atomic E-state index is 12.2. The van der Waals surface area contributed by atoms with Gasteiger partial charge < -0.3 is 20.3 Å². The van der Waals surface area contributed by atoms with Crippen LogP contribution in [0.5, 0.6) is 0 Å². The van der Waals surface area contributed by atoms with Crippen LogP contribution in [0.15, 0.2) is 0 Å². The minimum Gasteiger partial charge on any atom is -0.465 e. The molecule has 1 rings (SSSR count). The summed E-state index contributed by atoms with van der Waals surface area (Å²) < 4.78 is 4.79. The molecular weight excluding hydrogens is 310 g/mol. The maximum Gasteiger partial charge on any atom is 0.341 e. The molecule has 0 bridgehead atoms. The molecule has 0 saturated carbocycles. The first-order valence-corrected chi connectivity index (χ1v) is 7.54. The highest BCUT2D eigenvalue weighted by Crippen LogP contribution is 2.34. The normalized spacial score (nSPS) is 9.95. The van der Waals surface area contributed by atoms with Gasteiger partial charge in [-0.2, -0.15) is 0 Å². The van der Waals surface area contributed by atoms with E-state index in [4.69, 9.17) is 17.0 Å². The highest BCUT2D eigenvalue weighted by molar-refractivity contribution is 7.80. The number of hydrogen-bond acceptors (Lipinski definition) is 5. The average Bonchev–Trinajstić information content (AvgIpc) is 2.73. The Morgan fingerprint density at radius 1 is 1.38 bits per heavy atom. The Kier molecular flexibility index (Phi) is 6.10. The van der Waals surface area contributed by atoms with Crippen LogP contribution in [0.3, 0.4) is 0 Å². The standard InChI is InChI=1S/C13H19N3O3S2/c1-6-14-13(20)15-10-8(12(18)19-5)7(2)9(21-10)11(17)16(3)4/h6H2,1-5H3,(H2,14,15,20). The second-order valence-electron chi connectivity index (χ2n) is 4.44. The van der Waals surface area contributed by atoms with E-state index in [1.165, 1.54) is 23.3 Å². The van der Waals surface area contributed by atoms with E-state index in [1.54, 1.807) is 21.0 Å². The molecule has 1 aromatic heterocycles. The van der Waals surface area contributed by atoms with E-state index in [0.717, 1.165) is 0 Å². The van der Waals surface area contributed by atoms with Gasteiger partial charge in [-0.1, -0.05) is 0 Å². The quantitative estimate of drug-likeness (QED) is 0.649. The van der Waals surface area contributed by atoms with E-state index in [-0.39, 0.29) is 5.91 Å². The fourth-order valence-electron chi connectivity index (χ4n) is 1.66. The SMILES string of the molecule is CCNC(=S)Nc1sc(C(=O)N(C)C)c(C)c1C(=O)OC. The van der Waals surface area contributed by atoms with Gasteiger partial charge in [-0.25, -0.2) is 4.79 Å². The van der Waals surface area contributed by atoms with Crippen molar-refractivity contribution in [1.82, 2.24) is 10.2 Å². The lowest BCUT2D eigenvalue weighted by atomic mass is 10.1. The maximum absolute atomic E-state index is 12.2. The van der Waals surface area contributed by atoms with Crippen molar-refractivity contribution in [2.75, 3.05) is 33.1 Å². The number of ether oxygens (including phenoxy) is 1. The molecule has 0 aliphatic rings. The lowest BCUT2D eigenvalue weighted by Gasteiger charge is -2.08. The third-order valence-electron chi connectivity index (χ3n) is 2.70. The van der Waals surface area contributed by atoms with Gasteiger partial charge in [0.1, 0.15) is 5.00 Å². The molecule has 116 valence electrons. The average molecular weight is 329 g/mol. The van der Waals surface area contributed by atoms with Gasteiger partial charge in [0.05, 0.1) is 17.6 Å². The van der Waals surface area contributed by atoms with E-state index < -0.39 is 5.97 Å². The van der Waals surface area contributed by atoms with Gasteiger partial charge in [0.15, 0.2) is 5.11 Å². The zero-order valence-corrected chi connectivity index (χ0v) is 14.3. The molecule has 0 atom stereocenters. The van der Waals surface area contributed by atoms with Gasteiger partial charge in [-0.15, -0.1) is 11.3 Å². The number of carbonyl (C=O) groups excluding carboxylic acids is 2. The second-order valence-corrected chi connectivity index (χ2v) is 5.86. The molecule has 8 heteroatoms. The first kappa shape index (κ1) is 17.4. The molecular formula is C13H19N3O3S2. The molecule has 2 N–H and O–H groups in total. The predicted molar refractivity (Wildman–Crippen MR) is 88.3 cm³/mol. The van der Waals surface area contributed by atoms with E-state index in [9.17, 15) is 9.59 Å². The van der Waals surface area contributed by atoms with Gasteiger partial charge >= 0.3 is 5.97 Å². The summed E-state index contributed by atoms with van der Waals surface area (Å²) in [5, 5.41) is 6.79. The molecule has 0 aliphatic carbocycles. The van der Waals surface area contributed by atoms with Crippen molar-refractivity contribution in [1.29, 1.82) is 0 Å². The van der Waals surface area contributed by atoms with Crippen LogP contribution in [0, 0.1) is 6.92 Å². The summed E-state index contributed by atoms with van der Waals surface area (Å²) >= 11 is 6.31. The van der Waals surface area contributed by atoms with Crippen LogP contribution in [0.2, 0.25) is 0 Å². The van der Waals surface area contributed by atoms with Crippen LogP contribution in [0.4, 0.5) is 5.00 Å². The zero-order chi connectivity index (χ0) is 16.2. The summed E-state index contributed by atoms with van der Waals surface area (Å²) in [6.45, 7) is 4.30. The number of thiocarbonyl (C=S) groups is 1. The number of thiophene rings is 1. The Hall–Kier alpha value is -1.67. The number of methoxy groups -OCH3 is 1. The number of hydrogen-bond donors (Lipinski definition) is 2. The highest BCUT2D eigenvalue weighted by atomic mass is 32.1. The van der Waals surface area contributed by atoms with Crippen LogP contribution in [0.1, 0.15) is 32.5 Å². The first-order chi connectivity index (χ1) is 9.83. The fraction of sp³-hybridized carbons (Fsp3) is 0.462. The number of nitrogens with one attached hydrogen (secondary N) is 2. The smallest absolute Gasteiger partial charge is 0.341 e. The summed E-state index contributed by atoms with van der Waals surface area (Å²) in [4.78, 5) is 26.1. The number of amides is 1. The molecule has 0 unspecified atom stereocenters. The third kappa shape index (κ3) is 3.92. The van der Waals surface area contributed by atoms with Gasteiger partial charge in [0.2, 0.25) is 0 Å². The van der Waals surface area contributed by atoms with Crippen molar-refractivity contribution in [3.8, 4) is 0 Å². The first-order valence-electron chi connectivity index (χ1n) is 6.31. The van der Waals surface area contributed by atoms with E-state index in [2.05, 4.69) is 10.6 Å². The molecule has 0 aliphatic heterocycles. The summed E-state index contributed by atoms with van der Waals surface area (Å²) in [5.74, 6) is -0.659. The number of nitrogens with zero attached hydrogens (tertiary/aromatic N) is 1. The number of carbonyl (C=O) groups is 2. The zero-order valence-electron chi connectivity index (χ0n) is 12.7. The van der Waals surface area contributed by atoms with Crippen LogP contribution < -0.4 is 10.6 Å². The van der Waals surface area contributed by atoms with Gasteiger partial charge in [0, 0.05) is 20.6 Å².